The molecule has 0 radical (unpaired) electrons. The first-order chi connectivity index (χ1) is 12.1. The van der Waals surface area contributed by atoms with Gasteiger partial charge >= 0.3 is 0 Å². The third-order valence-corrected chi connectivity index (χ3v) is 3.56. The fourth-order valence-electron chi connectivity index (χ4n) is 2.17. The SMILES string of the molecule is CNC(=O)/C(=N\OC)c1ccccc1C(=N)OCc1cccc(Cl)c1. The number of amides is 1. The molecular formula is C18H18ClN3O3. The second-order valence-electron chi connectivity index (χ2n) is 4.99. The molecule has 0 spiro atoms. The Morgan fingerprint density at radius 3 is 2.56 bits per heavy atom. The number of halogens is 1. The summed E-state index contributed by atoms with van der Waals surface area (Å²) in [5, 5.41) is 15.1. The summed E-state index contributed by atoms with van der Waals surface area (Å²) in [5.74, 6) is -0.500. The van der Waals surface area contributed by atoms with Crippen molar-refractivity contribution >= 4 is 29.1 Å². The molecule has 0 saturated heterocycles. The van der Waals surface area contributed by atoms with Gasteiger partial charge in [0.05, 0.1) is 0 Å². The average Bonchev–Trinajstić information content (AvgIpc) is 2.63. The molecule has 7 heteroatoms. The van der Waals surface area contributed by atoms with Crippen LogP contribution in [-0.2, 0) is 21.0 Å². The van der Waals surface area contributed by atoms with Crippen molar-refractivity contribution in [3.8, 4) is 0 Å². The molecule has 1 amide bonds. The molecule has 0 aliphatic rings. The van der Waals surface area contributed by atoms with Gasteiger partial charge in [0.15, 0.2) is 5.71 Å². The second kappa shape index (κ2) is 8.84. The lowest BCUT2D eigenvalue weighted by Crippen LogP contribution is -2.30. The monoisotopic (exact) mass is 359 g/mol. The standard InChI is InChI=1S/C18H18ClN3O3/c1-21-18(23)16(22-24-2)14-8-3-4-9-15(14)17(20)25-11-12-6-5-7-13(19)10-12/h3-10,20H,11H2,1-2H3,(H,21,23)/b20-17?,22-16-. The average molecular weight is 360 g/mol. The molecule has 0 atom stereocenters. The van der Waals surface area contributed by atoms with Crippen molar-refractivity contribution in [1.29, 1.82) is 5.41 Å². The van der Waals surface area contributed by atoms with Crippen molar-refractivity contribution in [1.82, 2.24) is 5.32 Å². The van der Waals surface area contributed by atoms with E-state index in [1.165, 1.54) is 14.2 Å². The van der Waals surface area contributed by atoms with Gasteiger partial charge in [-0.25, -0.2) is 0 Å². The maximum Gasteiger partial charge on any atom is 0.273 e. The maximum absolute atomic E-state index is 12.0. The molecule has 0 unspecified atom stereocenters. The predicted molar refractivity (Wildman–Crippen MR) is 97.1 cm³/mol. The summed E-state index contributed by atoms with van der Waals surface area (Å²) in [4.78, 5) is 16.8. The molecule has 2 rings (SSSR count). The molecule has 25 heavy (non-hydrogen) atoms. The number of hydrogen-bond donors (Lipinski definition) is 2. The van der Waals surface area contributed by atoms with E-state index in [0.29, 0.717) is 16.1 Å². The lowest BCUT2D eigenvalue weighted by Gasteiger charge is -2.13. The van der Waals surface area contributed by atoms with E-state index >= 15 is 0 Å². The summed E-state index contributed by atoms with van der Waals surface area (Å²) in [6, 6.07) is 14.1. The van der Waals surface area contributed by atoms with Crippen LogP contribution in [0.25, 0.3) is 0 Å². The van der Waals surface area contributed by atoms with E-state index in [-0.39, 0.29) is 18.2 Å². The highest BCUT2D eigenvalue weighted by atomic mass is 35.5. The molecule has 0 bridgehead atoms. The molecular weight excluding hydrogens is 342 g/mol. The molecule has 0 aromatic heterocycles. The van der Waals surface area contributed by atoms with E-state index in [4.69, 9.17) is 26.6 Å². The van der Waals surface area contributed by atoms with Crippen molar-refractivity contribution in [3.05, 3.63) is 70.2 Å². The Balaban J connectivity index is 2.25. The van der Waals surface area contributed by atoms with Crippen LogP contribution in [0, 0.1) is 5.41 Å². The lowest BCUT2D eigenvalue weighted by atomic mass is 10.0. The zero-order chi connectivity index (χ0) is 18.2. The topological polar surface area (TPSA) is 83.8 Å². The summed E-state index contributed by atoms with van der Waals surface area (Å²) in [5.41, 5.74) is 1.78. The van der Waals surface area contributed by atoms with Crippen molar-refractivity contribution in [2.45, 2.75) is 6.61 Å². The van der Waals surface area contributed by atoms with Crippen molar-refractivity contribution in [3.63, 3.8) is 0 Å². The summed E-state index contributed by atoms with van der Waals surface area (Å²) in [6.45, 7) is 0.185. The molecule has 2 aromatic carbocycles. The van der Waals surface area contributed by atoms with Gasteiger partial charge in [0.25, 0.3) is 5.91 Å². The van der Waals surface area contributed by atoms with Crippen LogP contribution in [0.5, 0.6) is 0 Å². The number of benzene rings is 2. The Morgan fingerprint density at radius 1 is 1.20 bits per heavy atom. The Morgan fingerprint density at radius 2 is 1.92 bits per heavy atom. The van der Waals surface area contributed by atoms with Crippen LogP contribution >= 0.6 is 11.6 Å². The predicted octanol–water partition coefficient (Wildman–Crippen LogP) is 2.98. The van der Waals surface area contributed by atoms with E-state index in [0.717, 1.165) is 5.56 Å². The Hall–Kier alpha value is -2.86. The van der Waals surface area contributed by atoms with Gasteiger partial charge in [-0.1, -0.05) is 47.1 Å². The first-order valence-corrected chi connectivity index (χ1v) is 7.83. The molecule has 130 valence electrons. The smallest absolute Gasteiger partial charge is 0.273 e. The highest BCUT2D eigenvalue weighted by molar-refractivity contribution is 6.46. The zero-order valence-corrected chi connectivity index (χ0v) is 14.6. The van der Waals surface area contributed by atoms with E-state index in [2.05, 4.69) is 10.5 Å². The van der Waals surface area contributed by atoms with Gasteiger partial charge in [-0.3, -0.25) is 10.2 Å². The van der Waals surface area contributed by atoms with Crippen LogP contribution in [-0.4, -0.2) is 31.7 Å². The van der Waals surface area contributed by atoms with E-state index in [9.17, 15) is 4.79 Å². The Labute approximate surface area is 150 Å². The van der Waals surface area contributed by atoms with Crippen LogP contribution in [0.4, 0.5) is 0 Å². The number of nitrogens with one attached hydrogen (secondary N) is 2. The van der Waals surface area contributed by atoms with Crippen LogP contribution in [0.2, 0.25) is 5.02 Å². The number of carbonyl (C=O) groups excluding carboxylic acids is 1. The second-order valence-corrected chi connectivity index (χ2v) is 5.43. The highest BCUT2D eigenvalue weighted by Gasteiger charge is 2.20. The maximum atomic E-state index is 12.0. The van der Waals surface area contributed by atoms with Crippen molar-refractivity contribution in [2.75, 3.05) is 14.2 Å². The number of likely N-dealkylation sites (N-methyl/N-ethyl adjacent to an activating group) is 1. The molecule has 0 fully saturated rings. The van der Waals surface area contributed by atoms with Gasteiger partial charge in [-0.05, 0) is 23.8 Å². The summed E-state index contributed by atoms with van der Waals surface area (Å²) in [7, 11) is 2.85. The molecule has 0 aliphatic carbocycles. The Bertz CT molecular complexity index is 806. The minimum absolute atomic E-state index is 0.0664. The summed E-state index contributed by atoms with van der Waals surface area (Å²) < 4.78 is 5.55. The third kappa shape index (κ3) is 4.81. The number of oxime groups is 1. The third-order valence-electron chi connectivity index (χ3n) is 3.32. The van der Waals surface area contributed by atoms with Crippen LogP contribution < -0.4 is 5.32 Å². The minimum Gasteiger partial charge on any atom is -0.473 e. The largest absolute Gasteiger partial charge is 0.473 e. The van der Waals surface area contributed by atoms with Crippen LogP contribution in [0.3, 0.4) is 0 Å². The fourth-order valence-corrected chi connectivity index (χ4v) is 2.38. The Kier molecular flexibility index (Phi) is 6.54. The van der Waals surface area contributed by atoms with E-state index in [1.54, 1.807) is 36.4 Å². The van der Waals surface area contributed by atoms with Gasteiger partial charge < -0.3 is 14.9 Å². The van der Waals surface area contributed by atoms with Gasteiger partial charge in [-0.2, -0.15) is 0 Å². The number of ether oxygens (including phenoxy) is 1. The van der Waals surface area contributed by atoms with Gasteiger partial charge in [0, 0.05) is 23.2 Å². The van der Waals surface area contributed by atoms with Crippen LogP contribution in [0.15, 0.2) is 53.7 Å². The normalized spacial score (nSPS) is 10.9. The fraction of sp³-hybridized carbons (Fsp3) is 0.167. The molecule has 0 saturated carbocycles. The number of carbonyl (C=O) groups is 1. The highest BCUT2D eigenvalue weighted by Crippen LogP contribution is 2.15. The van der Waals surface area contributed by atoms with Gasteiger partial charge in [-0.15, -0.1) is 0 Å². The number of rotatable bonds is 6. The molecule has 2 aromatic rings. The van der Waals surface area contributed by atoms with Crippen molar-refractivity contribution < 1.29 is 14.4 Å². The van der Waals surface area contributed by atoms with E-state index < -0.39 is 5.91 Å². The van der Waals surface area contributed by atoms with Crippen LogP contribution in [0.1, 0.15) is 16.7 Å². The first-order valence-electron chi connectivity index (χ1n) is 7.45. The summed E-state index contributed by atoms with van der Waals surface area (Å²) >= 11 is 5.95. The molecule has 0 aliphatic heterocycles. The van der Waals surface area contributed by atoms with E-state index in [1.807, 2.05) is 12.1 Å². The first kappa shape index (κ1) is 18.5. The summed E-state index contributed by atoms with van der Waals surface area (Å²) in [6.07, 6.45) is 0. The minimum atomic E-state index is -0.419. The molecule has 6 nitrogen and oxygen atoms in total. The van der Waals surface area contributed by atoms with Gasteiger partial charge in [0.1, 0.15) is 13.7 Å². The molecule has 0 heterocycles. The zero-order valence-electron chi connectivity index (χ0n) is 13.9. The quantitative estimate of drug-likeness (QED) is 0.472. The number of hydrogen-bond acceptors (Lipinski definition) is 5. The number of nitrogens with zero attached hydrogens (tertiary/aromatic N) is 1. The van der Waals surface area contributed by atoms with Crippen molar-refractivity contribution in [2.24, 2.45) is 5.16 Å². The van der Waals surface area contributed by atoms with Gasteiger partial charge in [0.2, 0.25) is 5.90 Å². The molecule has 2 N–H and O–H groups in total. The lowest BCUT2D eigenvalue weighted by molar-refractivity contribution is -0.114.